The molecular formula is C16H26BrIN4S. The monoisotopic (exact) mass is 512 g/mol. The molecule has 7 heteroatoms. The quantitative estimate of drug-likeness (QED) is 0.264. The Hall–Kier alpha value is -0.150. The Morgan fingerprint density at radius 1 is 1.39 bits per heavy atom. The van der Waals surface area contributed by atoms with Crippen LogP contribution in [0.2, 0.25) is 0 Å². The Kier molecular flexibility index (Phi) is 10.4. The second kappa shape index (κ2) is 11.4. The smallest absolute Gasteiger partial charge is 0.191 e. The Balaban J connectivity index is 0.00000264. The zero-order valence-corrected chi connectivity index (χ0v) is 18.5. The second-order valence-corrected chi connectivity index (χ2v) is 7.30. The highest BCUT2D eigenvalue weighted by Gasteiger charge is 2.23. The molecule has 1 heterocycles. The van der Waals surface area contributed by atoms with Crippen LogP contribution in [0.15, 0.2) is 33.7 Å². The topological polar surface area (TPSA) is 39.7 Å². The van der Waals surface area contributed by atoms with E-state index in [1.807, 2.05) is 18.8 Å². The normalized spacial score (nSPS) is 17.8. The summed E-state index contributed by atoms with van der Waals surface area (Å²) in [5.74, 6) is 2.11. The summed E-state index contributed by atoms with van der Waals surface area (Å²) >= 11 is 5.37. The lowest BCUT2D eigenvalue weighted by Crippen LogP contribution is -2.44. The van der Waals surface area contributed by atoms with E-state index in [2.05, 4.69) is 67.0 Å². The van der Waals surface area contributed by atoms with Gasteiger partial charge in [-0.25, -0.2) is 0 Å². The maximum absolute atomic E-state index is 4.32. The molecule has 0 radical (unpaired) electrons. The van der Waals surface area contributed by atoms with Crippen LogP contribution in [0.3, 0.4) is 0 Å². The lowest BCUT2D eigenvalue weighted by Gasteiger charge is -2.20. The molecule has 0 bridgehead atoms. The third kappa shape index (κ3) is 7.09. The highest BCUT2D eigenvalue weighted by atomic mass is 127. The average molecular weight is 513 g/mol. The van der Waals surface area contributed by atoms with Crippen molar-refractivity contribution in [1.29, 1.82) is 0 Å². The van der Waals surface area contributed by atoms with Crippen molar-refractivity contribution in [3.05, 3.63) is 28.7 Å². The summed E-state index contributed by atoms with van der Waals surface area (Å²) in [6, 6.07) is 8.99. The van der Waals surface area contributed by atoms with Gasteiger partial charge in [-0.1, -0.05) is 15.9 Å². The van der Waals surface area contributed by atoms with E-state index in [0.29, 0.717) is 6.04 Å². The van der Waals surface area contributed by atoms with Crippen LogP contribution >= 0.6 is 51.7 Å². The molecule has 1 atom stereocenters. The molecule has 2 rings (SSSR count). The van der Waals surface area contributed by atoms with Crippen molar-refractivity contribution in [3.8, 4) is 0 Å². The summed E-state index contributed by atoms with van der Waals surface area (Å²) in [6.07, 6.45) is 4.45. The van der Waals surface area contributed by atoms with Crippen molar-refractivity contribution >= 4 is 63.3 Å². The molecule has 1 aromatic rings. The standard InChI is InChI=1S/C16H25BrN4S.HI/c1-18-16(19-9-3-11-22-2)20-14-8-10-21(12-14)15-6-4-13(17)5-7-15;/h4-7,14H,3,8-12H2,1-2H3,(H2,18,19,20);1H. The molecule has 4 nitrogen and oxygen atoms in total. The second-order valence-electron chi connectivity index (χ2n) is 5.40. The van der Waals surface area contributed by atoms with Crippen LogP contribution in [0, 0.1) is 0 Å². The summed E-state index contributed by atoms with van der Waals surface area (Å²) in [5, 5.41) is 6.93. The molecule has 0 aliphatic carbocycles. The molecule has 2 N–H and O–H groups in total. The number of halogens is 2. The van der Waals surface area contributed by atoms with Crippen molar-refractivity contribution in [2.45, 2.75) is 18.9 Å². The van der Waals surface area contributed by atoms with Gasteiger partial charge in [-0.15, -0.1) is 24.0 Å². The van der Waals surface area contributed by atoms with E-state index in [1.54, 1.807) is 0 Å². The van der Waals surface area contributed by atoms with E-state index in [1.165, 1.54) is 11.4 Å². The first kappa shape index (κ1) is 20.9. The van der Waals surface area contributed by atoms with E-state index in [0.717, 1.165) is 42.9 Å². The van der Waals surface area contributed by atoms with E-state index in [4.69, 9.17) is 0 Å². The maximum Gasteiger partial charge on any atom is 0.191 e. The number of benzene rings is 1. The van der Waals surface area contributed by atoms with Gasteiger partial charge in [0.25, 0.3) is 0 Å². The molecule has 0 aromatic heterocycles. The number of thioether (sulfide) groups is 1. The van der Waals surface area contributed by atoms with Crippen molar-refractivity contribution in [2.24, 2.45) is 4.99 Å². The van der Waals surface area contributed by atoms with E-state index >= 15 is 0 Å². The lowest BCUT2D eigenvalue weighted by molar-refractivity contribution is 0.647. The maximum atomic E-state index is 4.32. The summed E-state index contributed by atoms with van der Waals surface area (Å²) in [4.78, 5) is 6.74. The van der Waals surface area contributed by atoms with Gasteiger partial charge in [0.2, 0.25) is 0 Å². The highest BCUT2D eigenvalue weighted by molar-refractivity contribution is 14.0. The number of anilines is 1. The zero-order valence-electron chi connectivity index (χ0n) is 13.7. The molecule has 0 saturated carbocycles. The van der Waals surface area contributed by atoms with E-state index in [9.17, 15) is 0 Å². The molecule has 0 amide bonds. The van der Waals surface area contributed by atoms with Gasteiger partial charge in [-0.2, -0.15) is 11.8 Å². The first-order valence-corrected chi connectivity index (χ1v) is 9.88. The van der Waals surface area contributed by atoms with Crippen molar-refractivity contribution in [1.82, 2.24) is 10.6 Å². The minimum Gasteiger partial charge on any atom is -0.369 e. The summed E-state index contributed by atoms with van der Waals surface area (Å²) in [6.45, 7) is 3.08. The highest BCUT2D eigenvalue weighted by Crippen LogP contribution is 2.22. The van der Waals surface area contributed by atoms with Gasteiger partial charge >= 0.3 is 0 Å². The van der Waals surface area contributed by atoms with Gasteiger partial charge in [0, 0.05) is 42.9 Å². The molecule has 1 unspecified atom stereocenters. The molecule has 130 valence electrons. The van der Waals surface area contributed by atoms with Gasteiger partial charge < -0.3 is 15.5 Å². The number of guanidine groups is 1. The Labute approximate surface area is 169 Å². The van der Waals surface area contributed by atoms with Crippen molar-refractivity contribution < 1.29 is 0 Å². The van der Waals surface area contributed by atoms with Gasteiger partial charge in [-0.05, 0) is 49.1 Å². The van der Waals surface area contributed by atoms with Crippen LogP contribution in [0.1, 0.15) is 12.8 Å². The SMILES string of the molecule is CN=C(NCCCSC)NC1CCN(c2ccc(Br)cc2)C1.I. The van der Waals surface area contributed by atoms with Crippen LogP contribution in [0.25, 0.3) is 0 Å². The number of rotatable bonds is 6. The summed E-state index contributed by atoms with van der Waals surface area (Å²) in [7, 11) is 1.84. The number of hydrogen-bond donors (Lipinski definition) is 2. The Bertz CT molecular complexity index is 483. The predicted octanol–water partition coefficient (Wildman–Crippen LogP) is 3.56. The first-order chi connectivity index (χ1) is 10.7. The van der Waals surface area contributed by atoms with Gasteiger partial charge in [0.15, 0.2) is 5.96 Å². The van der Waals surface area contributed by atoms with E-state index < -0.39 is 0 Å². The van der Waals surface area contributed by atoms with Crippen molar-refractivity contribution in [3.63, 3.8) is 0 Å². The molecule has 1 aliphatic heterocycles. The number of aliphatic imine (C=N–C) groups is 1. The molecular weight excluding hydrogens is 487 g/mol. The zero-order chi connectivity index (χ0) is 15.8. The fraction of sp³-hybridized carbons (Fsp3) is 0.562. The molecule has 1 aromatic carbocycles. The summed E-state index contributed by atoms with van der Waals surface area (Å²) in [5.41, 5.74) is 1.29. The Morgan fingerprint density at radius 3 is 2.78 bits per heavy atom. The molecule has 1 aliphatic rings. The fourth-order valence-corrected chi connectivity index (χ4v) is 3.27. The molecule has 1 saturated heterocycles. The van der Waals surface area contributed by atoms with Gasteiger partial charge in [-0.3, -0.25) is 4.99 Å². The third-order valence-electron chi connectivity index (χ3n) is 3.76. The van der Waals surface area contributed by atoms with Crippen LogP contribution in [0.4, 0.5) is 5.69 Å². The third-order valence-corrected chi connectivity index (χ3v) is 4.99. The molecule has 1 fully saturated rings. The lowest BCUT2D eigenvalue weighted by atomic mass is 10.3. The van der Waals surface area contributed by atoms with Crippen LogP contribution < -0.4 is 15.5 Å². The first-order valence-electron chi connectivity index (χ1n) is 7.69. The predicted molar refractivity (Wildman–Crippen MR) is 118 cm³/mol. The Morgan fingerprint density at radius 2 is 2.13 bits per heavy atom. The van der Waals surface area contributed by atoms with Crippen LogP contribution in [0.5, 0.6) is 0 Å². The number of hydrogen-bond acceptors (Lipinski definition) is 3. The minimum absolute atomic E-state index is 0. The number of nitrogens with one attached hydrogen (secondary N) is 2. The fourth-order valence-electron chi connectivity index (χ4n) is 2.58. The molecule has 0 spiro atoms. The largest absolute Gasteiger partial charge is 0.369 e. The number of nitrogens with zero attached hydrogens (tertiary/aromatic N) is 2. The average Bonchev–Trinajstić information content (AvgIpc) is 2.99. The van der Waals surface area contributed by atoms with Crippen LogP contribution in [-0.4, -0.2) is 50.7 Å². The molecule has 23 heavy (non-hydrogen) atoms. The minimum atomic E-state index is 0. The van der Waals surface area contributed by atoms with Gasteiger partial charge in [0.1, 0.15) is 0 Å². The summed E-state index contributed by atoms with van der Waals surface area (Å²) < 4.78 is 1.12. The van der Waals surface area contributed by atoms with Crippen LogP contribution in [-0.2, 0) is 0 Å². The van der Waals surface area contributed by atoms with E-state index in [-0.39, 0.29) is 24.0 Å². The van der Waals surface area contributed by atoms with Crippen molar-refractivity contribution in [2.75, 3.05) is 43.6 Å². The van der Waals surface area contributed by atoms with Gasteiger partial charge in [0.05, 0.1) is 0 Å².